The van der Waals surface area contributed by atoms with E-state index in [0.717, 1.165) is 16.1 Å². The van der Waals surface area contributed by atoms with Crippen LogP contribution in [0.1, 0.15) is 23.3 Å². The number of carbonyl (C=O) groups is 1. The van der Waals surface area contributed by atoms with Crippen LogP contribution in [0.25, 0.3) is 0 Å². The molecule has 1 aromatic carbocycles. The zero-order valence-electron chi connectivity index (χ0n) is 14.4. The van der Waals surface area contributed by atoms with Gasteiger partial charge in [0.2, 0.25) is 5.91 Å². The summed E-state index contributed by atoms with van der Waals surface area (Å²) in [7, 11) is -3.43. The van der Waals surface area contributed by atoms with Crippen LogP contribution in [0.4, 0.5) is 5.69 Å². The lowest BCUT2D eigenvalue weighted by atomic mass is 9.97. The van der Waals surface area contributed by atoms with Crippen LogP contribution in [0.3, 0.4) is 0 Å². The number of nitrogens with zero attached hydrogens (tertiary/aromatic N) is 1. The summed E-state index contributed by atoms with van der Waals surface area (Å²) in [6.45, 7) is 4.65. The van der Waals surface area contributed by atoms with Gasteiger partial charge < -0.3 is 5.32 Å². The summed E-state index contributed by atoms with van der Waals surface area (Å²) < 4.78 is 27.1. The highest BCUT2D eigenvalue weighted by Crippen LogP contribution is 2.28. The Labute approximate surface area is 152 Å². The van der Waals surface area contributed by atoms with Gasteiger partial charge in [0, 0.05) is 29.6 Å². The summed E-state index contributed by atoms with van der Waals surface area (Å²) in [4.78, 5) is 13.4. The molecule has 5 nitrogen and oxygen atoms in total. The maximum Gasteiger partial charge on any atom is 0.252 e. The second kappa shape index (κ2) is 7.27. The highest BCUT2D eigenvalue weighted by atomic mass is 32.2. The van der Waals surface area contributed by atoms with E-state index in [9.17, 15) is 13.2 Å². The van der Waals surface area contributed by atoms with E-state index in [-0.39, 0.29) is 11.8 Å². The Hall–Kier alpha value is -1.70. The summed E-state index contributed by atoms with van der Waals surface area (Å²) in [6.07, 6.45) is 1.09. The molecule has 1 saturated heterocycles. The van der Waals surface area contributed by atoms with Crippen LogP contribution >= 0.6 is 11.3 Å². The molecule has 25 heavy (non-hydrogen) atoms. The molecule has 1 aliphatic heterocycles. The monoisotopic (exact) mass is 378 g/mol. The number of thiophene rings is 1. The molecule has 2 aromatic rings. The number of piperidine rings is 1. The highest BCUT2D eigenvalue weighted by molar-refractivity contribution is 7.91. The van der Waals surface area contributed by atoms with Crippen molar-refractivity contribution in [1.82, 2.24) is 4.31 Å². The first kappa shape index (κ1) is 18.1. The number of rotatable bonds is 4. The third-order valence-corrected chi connectivity index (χ3v) is 7.82. The molecule has 1 amide bonds. The SMILES string of the molecule is Cc1ccc(NC(=O)C2CCN(S(=O)(=O)c3ccc(C)s3)CC2)cc1. The fourth-order valence-electron chi connectivity index (χ4n) is 2.92. The molecule has 1 N–H and O–H groups in total. The number of hydrogen-bond donors (Lipinski definition) is 1. The molecule has 0 unspecified atom stereocenters. The molecule has 0 aliphatic carbocycles. The van der Waals surface area contributed by atoms with Gasteiger partial charge in [0.05, 0.1) is 0 Å². The van der Waals surface area contributed by atoms with Crippen molar-refractivity contribution in [3.8, 4) is 0 Å². The van der Waals surface area contributed by atoms with Gasteiger partial charge in [0.1, 0.15) is 4.21 Å². The van der Waals surface area contributed by atoms with Crippen LogP contribution in [0.15, 0.2) is 40.6 Å². The summed E-state index contributed by atoms with van der Waals surface area (Å²) in [5, 5.41) is 2.92. The normalized spacial score (nSPS) is 16.7. The summed E-state index contributed by atoms with van der Waals surface area (Å²) in [6, 6.07) is 11.1. The Balaban J connectivity index is 1.59. The van der Waals surface area contributed by atoms with E-state index >= 15 is 0 Å². The van der Waals surface area contributed by atoms with E-state index in [4.69, 9.17) is 0 Å². The number of hydrogen-bond acceptors (Lipinski definition) is 4. The van der Waals surface area contributed by atoms with Crippen molar-refractivity contribution in [1.29, 1.82) is 0 Å². The van der Waals surface area contributed by atoms with E-state index in [2.05, 4.69) is 5.32 Å². The van der Waals surface area contributed by atoms with E-state index in [1.165, 1.54) is 15.6 Å². The smallest absolute Gasteiger partial charge is 0.252 e. The molecule has 1 fully saturated rings. The molecule has 0 bridgehead atoms. The number of sulfonamides is 1. The number of carbonyl (C=O) groups excluding carboxylic acids is 1. The largest absolute Gasteiger partial charge is 0.326 e. The first-order valence-corrected chi connectivity index (χ1v) is 10.6. The minimum absolute atomic E-state index is 0.0344. The van der Waals surface area contributed by atoms with Crippen LogP contribution in [0.5, 0.6) is 0 Å². The van der Waals surface area contributed by atoms with E-state index in [1.54, 1.807) is 6.07 Å². The summed E-state index contributed by atoms with van der Waals surface area (Å²) in [5.74, 6) is -0.189. The number of aryl methyl sites for hydroxylation is 2. The van der Waals surface area contributed by atoms with Gasteiger partial charge in [-0.15, -0.1) is 11.3 Å². The summed E-state index contributed by atoms with van der Waals surface area (Å²) in [5.41, 5.74) is 1.92. The molecule has 0 saturated carbocycles. The maximum atomic E-state index is 12.6. The fourth-order valence-corrected chi connectivity index (χ4v) is 5.82. The van der Waals surface area contributed by atoms with Crippen LogP contribution in [-0.4, -0.2) is 31.7 Å². The third-order valence-electron chi connectivity index (χ3n) is 4.45. The second-order valence-corrected chi connectivity index (χ2v) is 9.85. The second-order valence-electron chi connectivity index (χ2n) is 6.40. The minimum atomic E-state index is -3.43. The first-order valence-electron chi connectivity index (χ1n) is 8.30. The van der Waals surface area contributed by atoms with Crippen molar-refractivity contribution in [2.75, 3.05) is 18.4 Å². The Morgan fingerprint density at radius 2 is 1.72 bits per heavy atom. The van der Waals surface area contributed by atoms with Gasteiger partial charge in [-0.05, 0) is 51.0 Å². The van der Waals surface area contributed by atoms with E-state index < -0.39 is 10.0 Å². The first-order chi connectivity index (χ1) is 11.9. The van der Waals surface area contributed by atoms with Crippen molar-refractivity contribution < 1.29 is 13.2 Å². The highest BCUT2D eigenvalue weighted by Gasteiger charge is 2.32. The molecule has 7 heteroatoms. The van der Waals surface area contributed by atoms with Gasteiger partial charge in [-0.2, -0.15) is 4.31 Å². The van der Waals surface area contributed by atoms with Gasteiger partial charge in [-0.1, -0.05) is 17.7 Å². The standard InChI is InChI=1S/C18H22N2O3S2/c1-13-3-6-16(7-4-13)19-18(21)15-9-11-20(12-10-15)25(22,23)17-8-5-14(2)24-17/h3-8,15H,9-12H2,1-2H3,(H,19,21). The van der Waals surface area contributed by atoms with Crippen molar-refractivity contribution in [2.45, 2.75) is 30.9 Å². The Morgan fingerprint density at radius 3 is 2.28 bits per heavy atom. The van der Waals surface area contributed by atoms with Crippen molar-refractivity contribution in [2.24, 2.45) is 5.92 Å². The third kappa shape index (κ3) is 4.11. The number of amides is 1. The molecule has 2 heterocycles. The topological polar surface area (TPSA) is 66.5 Å². The molecule has 3 rings (SSSR count). The molecule has 1 aromatic heterocycles. The van der Waals surface area contributed by atoms with Gasteiger partial charge in [0.15, 0.2) is 0 Å². The van der Waals surface area contributed by atoms with Gasteiger partial charge >= 0.3 is 0 Å². The Kier molecular flexibility index (Phi) is 5.27. The van der Waals surface area contributed by atoms with E-state index in [1.807, 2.05) is 44.2 Å². The van der Waals surface area contributed by atoms with Crippen molar-refractivity contribution in [3.63, 3.8) is 0 Å². The fraction of sp³-hybridized carbons (Fsp3) is 0.389. The number of benzene rings is 1. The summed E-state index contributed by atoms with van der Waals surface area (Å²) >= 11 is 1.29. The van der Waals surface area contributed by atoms with Gasteiger partial charge in [-0.3, -0.25) is 4.79 Å². The number of anilines is 1. The van der Waals surface area contributed by atoms with Crippen LogP contribution in [0, 0.1) is 19.8 Å². The number of nitrogens with one attached hydrogen (secondary N) is 1. The lowest BCUT2D eigenvalue weighted by Crippen LogP contribution is -2.41. The van der Waals surface area contributed by atoms with Crippen LogP contribution < -0.4 is 5.32 Å². The van der Waals surface area contributed by atoms with E-state index in [0.29, 0.717) is 30.1 Å². The van der Waals surface area contributed by atoms with Crippen LogP contribution in [0.2, 0.25) is 0 Å². The van der Waals surface area contributed by atoms with Gasteiger partial charge in [0.25, 0.3) is 10.0 Å². The van der Waals surface area contributed by atoms with Crippen LogP contribution in [-0.2, 0) is 14.8 Å². The molecule has 1 aliphatic rings. The predicted molar refractivity (Wildman–Crippen MR) is 100 cm³/mol. The average molecular weight is 379 g/mol. The van der Waals surface area contributed by atoms with Crippen molar-refractivity contribution in [3.05, 3.63) is 46.8 Å². The Bertz CT molecular complexity index is 849. The average Bonchev–Trinajstić information content (AvgIpc) is 3.04. The molecule has 0 radical (unpaired) electrons. The zero-order valence-corrected chi connectivity index (χ0v) is 16.0. The quantitative estimate of drug-likeness (QED) is 0.887. The Morgan fingerprint density at radius 1 is 1.08 bits per heavy atom. The lowest BCUT2D eigenvalue weighted by molar-refractivity contribution is -0.120. The molecule has 0 spiro atoms. The van der Waals surface area contributed by atoms with Crippen molar-refractivity contribution >= 4 is 33.0 Å². The lowest BCUT2D eigenvalue weighted by Gasteiger charge is -2.30. The zero-order chi connectivity index (χ0) is 18.0. The minimum Gasteiger partial charge on any atom is -0.326 e. The maximum absolute atomic E-state index is 12.6. The predicted octanol–water partition coefficient (Wildman–Crippen LogP) is 3.40. The molecular formula is C18H22N2O3S2. The molecule has 0 atom stereocenters. The van der Waals surface area contributed by atoms with Gasteiger partial charge in [-0.25, -0.2) is 8.42 Å². The molecule has 134 valence electrons. The molecular weight excluding hydrogens is 356 g/mol.